The van der Waals surface area contributed by atoms with E-state index in [0.29, 0.717) is 30.2 Å². The van der Waals surface area contributed by atoms with Crippen molar-refractivity contribution in [3.05, 3.63) is 58.6 Å². The van der Waals surface area contributed by atoms with Gasteiger partial charge in [-0.3, -0.25) is 0 Å². The highest BCUT2D eigenvalue weighted by Gasteiger charge is 2.31. The van der Waals surface area contributed by atoms with Crippen LogP contribution in [0.5, 0.6) is 5.75 Å². The second-order valence-electron chi connectivity index (χ2n) is 7.96. The predicted octanol–water partition coefficient (Wildman–Crippen LogP) is 4.56. The van der Waals surface area contributed by atoms with Crippen molar-refractivity contribution in [2.75, 3.05) is 25.4 Å². The van der Waals surface area contributed by atoms with Crippen molar-refractivity contribution in [1.29, 1.82) is 0 Å². The fraction of sp³-hybridized carbons (Fsp3) is 0.458. The molecule has 32 heavy (non-hydrogen) atoms. The number of esters is 1. The molecule has 0 aromatic heterocycles. The molecule has 0 radical (unpaired) electrons. The summed E-state index contributed by atoms with van der Waals surface area (Å²) in [7, 11) is -3.26. The van der Waals surface area contributed by atoms with Crippen molar-refractivity contribution in [1.82, 2.24) is 5.32 Å². The van der Waals surface area contributed by atoms with Crippen LogP contribution in [0.15, 0.2) is 57.9 Å². The van der Waals surface area contributed by atoms with Gasteiger partial charge in [0.05, 0.1) is 17.3 Å². The van der Waals surface area contributed by atoms with Crippen LogP contribution in [0.25, 0.3) is 0 Å². The predicted molar refractivity (Wildman–Crippen MR) is 130 cm³/mol. The summed E-state index contributed by atoms with van der Waals surface area (Å²) in [5.74, 6) is 0.358. The monoisotopic (exact) mass is 525 g/mol. The molecule has 0 aliphatic carbocycles. The quantitative estimate of drug-likeness (QED) is 0.305. The average Bonchev–Trinajstić information content (AvgIpc) is 2.74. The average molecular weight is 526 g/mol. The number of ether oxygens (including phenoxy) is 2. The van der Waals surface area contributed by atoms with Gasteiger partial charge in [0.25, 0.3) is 0 Å². The summed E-state index contributed by atoms with van der Waals surface area (Å²) < 4.78 is 36.3. The number of nitrogens with one attached hydrogen (secondary N) is 1. The van der Waals surface area contributed by atoms with E-state index in [9.17, 15) is 13.2 Å². The highest BCUT2D eigenvalue weighted by Crippen LogP contribution is 2.21. The molecular formula is C24H32BrNO5S. The van der Waals surface area contributed by atoms with Gasteiger partial charge in [-0.1, -0.05) is 34.1 Å². The molecule has 0 saturated heterocycles. The normalized spacial score (nSPS) is 11.9. The largest absolute Gasteiger partial charge is 0.476 e. The zero-order chi connectivity index (χ0) is 23.6. The number of carbonyl (C=O) groups is 1. The molecule has 0 heterocycles. The Bertz CT molecular complexity index is 974. The van der Waals surface area contributed by atoms with Gasteiger partial charge in [0.15, 0.2) is 15.4 Å². The van der Waals surface area contributed by atoms with Gasteiger partial charge < -0.3 is 14.8 Å². The maximum Gasteiger partial charge on any atom is 0.349 e. The molecule has 1 N–H and O–H groups in total. The number of carbonyl (C=O) groups excluding carboxylic acids is 1. The molecule has 0 fully saturated rings. The van der Waals surface area contributed by atoms with Gasteiger partial charge in [0.1, 0.15) is 5.75 Å². The van der Waals surface area contributed by atoms with Crippen molar-refractivity contribution in [2.24, 2.45) is 0 Å². The molecular weight excluding hydrogens is 494 g/mol. The highest BCUT2D eigenvalue weighted by molar-refractivity contribution is 9.10. The fourth-order valence-electron chi connectivity index (χ4n) is 3.07. The number of hydrogen-bond donors (Lipinski definition) is 1. The number of halogens is 1. The standard InChI is InChI=1S/C24H32BrNO5S/c1-4-30-23(27)24(2,3)31-21-13-11-19(12-14-21)8-6-15-26-16-7-17-32(28,29)22-10-5-9-20(25)18-22/h5,9-14,18,26H,4,6-8,15-17H2,1-3H3. The van der Waals surface area contributed by atoms with Gasteiger partial charge in [-0.05, 0) is 89.0 Å². The van der Waals surface area contributed by atoms with Gasteiger partial charge in [0, 0.05) is 4.47 Å². The smallest absolute Gasteiger partial charge is 0.349 e. The third-order valence-corrected chi connectivity index (χ3v) is 7.10. The number of hydrogen-bond acceptors (Lipinski definition) is 6. The summed E-state index contributed by atoms with van der Waals surface area (Å²) in [5.41, 5.74) is 0.136. The molecule has 0 saturated carbocycles. The third-order valence-electron chi connectivity index (χ3n) is 4.80. The van der Waals surface area contributed by atoms with E-state index in [-0.39, 0.29) is 11.7 Å². The number of benzene rings is 2. The van der Waals surface area contributed by atoms with Crippen LogP contribution in [0.1, 0.15) is 39.2 Å². The van der Waals surface area contributed by atoms with E-state index in [0.717, 1.165) is 23.9 Å². The van der Waals surface area contributed by atoms with Gasteiger partial charge in [0.2, 0.25) is 0 Å². The summed E-state index contributed by atoms with van der Waals surface area (Å²) in [4.78, 5) is 12.3. The van der Waals surface area contributed by atoms with E-state index < -0.39 is 15.4 Å². The lowest BCUT2D eigenvalue weighted by molar-refractivity contribution is -0.158. The van der Waals surface area contributed by atoms with Crippen molar-refractivity contribution >= 4 is 31.7 Å². The Morgan fingerprint density at radius 3 is 2.41 bits per heavy atom. The van der Waals surface area contributed by atoms with Crippen molar-refractivity contribution < 1.29 is 22.7 Å². The number of aryl methyl sites for hydroxylation is 1. The molecule has 0 atom stereocenters. The minimum atomic E-state index is -3.26. The lowest BCUT2D eigenvalue weighted by atomic mass is 10.1. The van der Waals surface area contributed by atoms with Crippen LogP contribution in [-0.2, 0) is 25.8 Å². The maximum absolute atomic E-state index is 12.4. The maximum atomic E-state index is 12.4. The molecule has 0 unspecified atom stereocenters. The molecule has 176 valence electrons. The Kier molecular flexibility index (Phi) is 10.2. The molecule has 8 heteroatoms. The third kappa shape index (κ3) is 8.56. The first-order valence-electron chi connectivity index (χ1n) is 10.8. The fourth-order valence-corrected chi connectivity index (χ4v) is 4.98. The van der Waals surface area contributed by atoms with Crippen molar-refractivity contribution in [3.8, 4) is 5.75 Å². The van der Waals surface area contributed by atoms with Crippen molar-refractivity contribution in [3.63, 3.8) is 0 Å². The van der Waals surface area contributed by atoms with Crippen LogP contribution in [0.2, 0.25) is 0 Å². The van der Waals surface area contributed by atoms with Crippen molar-refractivity contribution in [2.45, 2.75) is 50.5 Å². The molecule has 6 nitrogen and oxygen atoms in total. The summed E-state index contributed by atoms with van der Waals surface area (Å²) in [6.45, 7) is 6.93. The Morgan fingerprint density at radius 1 is 1.06 bits per heavy atom. The first-order chi connectivity index (χ1) is 15.1. The lowest BCUT2D eigenvalue weighted by Gasteiger charge is -2.24. The number of sulfone groups is 1. The van der Waals surface area contributed by atoms with Crippen LogP contribution in [0.4, 0.5) is 0 Å². The van der Waals surface area contributed by atoms with Crippen LogP contribution in [-0.4, -0.2) is 45.4 Å². The molecule has 2 aromatic rings. The lowest BCUT2D eigenvalue weighted by Crippen LogP contribution is -2.39. The van der Waals surface area contributed by atoms with Gasteiger partial charge in [-0.25, -0.2) is 13.2 Å². The molecule has 0 aliphatic heterocycles. The molecule has 2 aromatic carbocycles. The topological polar surface area (TPSA) is 81.7 Å². The highest BCUT2D eigenvalue weighted by atomic mass is 79.9. The van der Waals surface area contributed by atoms with E-state index in [4.69, 9.17) is 9.47 Å². The van der Waals surface area contributed by atoms with E-state index in [1.54, 1.807) is 39.0 Å². The van der Waals surface area contributed by atoms with Crippen LogP contribution >= 0.6 is 15.9 Å². The number of rotatable bonds is 13. The zero-order valence-electron chi connectivity index (χ0n) is 18.9. The Morgan fingerprint density at radius 2 is 1.75 bits per heavy atom. The molecule has 0 amide bonds. The first kappa shape index (κ1) is 26.4. The Labute approximate surface area is 199 Å². The van der Waals surface area contributed by atoms with E-state index in [2.05, 4.69) is 21.2 Å². The van der Waals surface area contributed by atoms with E-state index >= 15 is 0 Å². The second-order valence-corrected chi connectivity index (χ2v) is 11.0. The van der Waals surface area contributed by atoms with E-state index in [1.165, 1.54) is 5.56 Å². The second kappa shape index (κ2) is 12.4. The zero-order valence-corrected chi connectivity index (χ0v) is 21.3. The Balaban J connectivity index is 1.66. The van der Waals surface area contributed by atoms with Crippen LogP contribution in [0, 0.1) is 0 Å². The summed E-state index contributed by atoms with van der Waals surface area (Å²) in [6, 6.07) is 14.5. The van der Waals surface area contributed by atoms with Gasteiger partial charge >= 0.3 is 5.97 Å². The molecule has 0 aliphatic rings. The summed E-state index contributed by atoms with van der Waals surface area (Å²) in [5, 5.41) is 3.31. The SMILES string of the molecule is CCOC(=O)C(C)(C)Oc1ccc(CCCNCCCS(=O)(=O)c2cccc(Br)c2)cc1. The van der Waals surface area contributed by atoms with Crippen LogP contribution in [0.3, 0.4) is 0 Å². The first-order valence-corrected chi connectivity index (χ1v) is 13.2. The molecule has 2 rings (SSSR count). The minimum absolute atomic E-state index is 0.125. The van der Waals surface area contributed by atoms with Gasteiger partial charge in [-0.15, -0.1) is 0 Å². The molecule has 0 spiro atoms. The summed E-state index contributed by atoms with van der Waals surface area (Å²) in [6.07, 6.45) is 2.40. The van der Waals surface area contributed by atoms with E-state index in [1.807, 2.05) is 30.3 Å². The summed E-state index contributed by atoms with van der Waals surface area (Å²) >= 11 is 3.31. The minimum Gasteiger partial charge on any atom is -0.476 e. The van der Waals surface area contributed by atoms with Gasteiger partial charge in [-0.2, -0.15) is 0 Å². The molecule has 0 bridgehead atoms. The Hall–Kier alpha value is -1.90. The van der Waals surface area contributed by atoms with Crippen LogP contribution < -0.4 is 10.1 Å².